The second-order valence-electron chi connectivity index (χ2n) is 5.27. The molecule has 0 aliphatic carbocycles. The van der Waals surface area contributed by atoms with Gasteiger partial charge in [0.15, 0.2) is 5.96 Å². The molecule has 1 unspecified atom stereocenters. The predicted octanol–water partition coefficient (Wildman–Crippen LogP) is 2.11. The molecule has 4 nitrogen and oxygen atoms in total. The Bertz CT molecular complexity index is 208. The Morgan fingerprint density at radius 2 is 1.94 bits per heavy atom. The van der Waals surface area contributed by atoms with E-state index < -0.39 is 0 Å². The summed E-state index contributed by atoms with van der Waals surface area (Å²) in [5.41, 5.74) is 5.73. The Morgan fingerprint density at radius 3 is 2.35 bits per heavy atom. The van der Waals surface area contributed by atoms with Gasteiger partial charge in [0.2, 0.25) is 0 Å². The van der Waals surface area contributed by atoms with Crippen LogP contribution < -0.4 is 11.1 Å². The van der Waals surface area contributed by atoms with Gasteiger partial charge in [-0.3, -0.25) is 4.99 Å². The molecule has 0 aromatic heterocycles. The van der Waals surface area contributed by atoms with Crippen molar-refractivity contribution in [3.05, 3.63) is 0 Å². The van der Waals surface area contributed by atoms with Gasteiger partial charge in [-0.25, -0.2) is 0 Å². The second-order valence-corrected chi connectivity index (χ2v) is 5.27. The first-order valence-corrected chi connectivity index (χ1v) is 6.08. The molecule has 4 N–H and O–H groups in total. The molecule has 0 bridgehead atoms. The van der Waals surface area contributed by atoms with Crippen LogP contribution >= 0.6 is 24.0 Å². The minimum Gasteiger partial charge on any atom is -0.396 e. The van der Waals surface area contributed by atoms with Crippen molar-refractivity contribution < 1.29 is 5.11 Å². The normalized spacial score (nSPS) is 14.1. The fraction of sp³-hybridized carbons (Fsp3) is 0.917. The summed E-state index contributed by atoms with van der Waals surface area (Å²) < 4.78 is 0. The molecule has 0 aliphatic heterocycles. The highest BCUT2D eigenvalue weighted by molar-refractivity contribution is 14.0. The number of nitrogens with two attached hydrogens (primary N) is 1. The topological polar surface area (TPSA) is 70.6 Å². The number of halogens is 1. The zero-order valence-corrected chi connectivity index (χ0v) is 13.8. The number of nitrogens with one attached hydrogen (secondary N) is 1. The predicted molar refractivity (Wildman–Crippen MR) is 84.9 cm³/mol. The Morgan fingerprint density at radius 1 is 1.35 bits per heavy atom. The lowest BCUT2D eigenvalue weighted by Crippen LogP contribution is -2.45. The second kappa shape index (κ2) is 9.94. The first-order valence-electron chi connectivity index (χ1n) is 6.08. The lowest BCUT2D eigenvalue weighted by molar-refractivity contribution is 0.253. The maximum absolute atomic E-state index is 8.92. The fourth-order valence-corrected chi connectivity index (χ4v) is 1.57. The van der Waals surface area contributed by atoms with Gasteiger partial charge in [0.25, 0.3) is 0 Å². The van der Waals surface area contributed by atoms with Crippen LogP contribution in [0.25, 0.3) is 0 Å². The zero-order valence-electron chi connectivity index (χ0n) is 11.5. The number of aliphatic hydroxyl groups is 1. The molecule has 0 aliphatic rings. The Balaban J connectivity index is 0. The number of guanidine groups is 1. The molecule has 0 saturated heterocycles. The molecule has 0 aromatic carbocycles. The first kappa shape index (κ1) is 19.3. The molecular weight excluding hydrogens is 329 g/mol. The van der Waals surface area contributed by atoms with Crippen LogP contribution in [0.2, 0.25) is 0 Å². The van der Waals surface area contributed by atoms with E-state index in [-0.39, 0.29) is 36.1 Å². The van der Waals surface area contributed by atoms with Crippen molar-refractivity contribution in [2.24, 2.45) is 16.6 Å². The molecule has 0 saturated carbocycles. The summed E-state index contributed by atoms with van der Waals surface area (Å²) >= 11 is 0. The third-order valence-electron chi connectivity index (χ3n) is 2.26. The van der Waals surface area contributed by atoms with Crippen molar-refractivity contribution in [3.63, 3.8) is 0 Å². The Hall–Kier alpha value is -0.0400. The van der Waals surface area contributed by atoms with Crippen molar-refractivity contribution >= 4 is 29.9 Å². The number of aliphatic imine (C=N–C) groups is 1. The van der Waals surface area contributed by atoms with Gasteiger partial charge in [-0.05, 0) is 39.5 Å². The van der Waals surface area contributed by atoms with E-state index in [1.165, 1.54) is 0 Å². The van der Waals surface area contributed by atoms with E-state index in [2.05, 4.69) is 17.2 Å². The number of aliphatic hydroxyl groups excluding tert-OH is 1. The molecule has 17 heavy (non-hydrogen) atoms. The highest BCUT2D eigenvalue weighted by atomic mass is 127. The highest BCUT2D eigenvalue weighted by Crippen LogP contribution is 2.11. The van der Waals surface area contributed by atoms with Crippen molar-refractivity contribution in [2.75, 3.05) is 13.2 Å². The Labute approximate surface area is 122 Å². The van der Waals surface area contributed by atoms with Crippen molar-refractivity contribution in [2.45, 2.75) is 52.5 Å². The third kappa shape index (κ3) is 12.2. The molecular formula is C12H28IN3O. The molecule has 0 rings (SSSR count). The maximum atomic E-state index is 8.92. The molecule has 0 fully saturated rings. The number of nitrogens with zero attached hydrogens (tertiary/aromatic N) is 1. The summed E-state index contributed by atoms with van der Waals surface area (Å²) in [6, 6.07) is 0. The summed E-state index contributed by atoms with van der Waals surface area (Å²) in [6.45, 7) is 9.22. The van der Waals surface area contributed by atoms with Gasteiger partial charge in [-0.1, -0.05) is 13.3 Å². The van der Waals surface area contributed by atoms with Gasteiger partial charge in [0.05, 0.1) is 0 Å². The average molecular weight is 357 g/mol. The summed E-state index contributed by atoms with van der Waals surface area (Å²) in [5.74, 6) is 0.932. The molecule has 0 amide bonds. The van der Waals surface area contributed by atoms with Gasteiger partial charge in [-0.15, -0.1) is 24.0 Å². The summed E-state index contributed by atoms with van der Waals surface area (Å²) in [4.78, 5) is 4.32. The highest BCUT2D eigenvalue weighted by Gasteiger charge is 2.11. The van der Waals surface area contributed by atoms with Crippen LogP contribution in [-0.4, -0.2) is 29.8 Å². The van der Waals surface area contributed by atoms with E-state index in [0.29, 0.717) is 18.4 Å². The summed E-state index contributed by atoms with van der Waals surface area (Å²) in [6.07, 6.45) is 3.01. The minimum atomic E-state index is -0.0508. The molecule has 104 valence electrons. The smallest absolute Gasteiger partial charge is 0.188 e. The minimum absolute atomic E-state index is 0. The van der Waals surface area contributed by atoms with Crippen molar-refractivity contribution in [3.8, 4) is 0 Å². The quantitative estimate of drug-likeness (QED) is 0.387. The summed E-state index contributed by atoms with van der Waals surface area (Å²) in [5, 5.41) is 12.0. The van der Waals surface area contributed by atoms with E-state index in [1.54, 1.807) is 0 Å². The van der Waals surface area contributed by atoms with E-state index in [9.17, 15) is 0 Å². The molecule has 5 heteroatoms. The molecule has 0 aromatic rings. The van der Waals surface area contributed by atoms with Gasteiger partial charge < -0.3 is 16.2 Å². The van der Waals surface area contributed by atoms with Gasteiger partial charge >= 0.3 is 0 Å². The van der Waals surface area contributed by atoms with E-state index in [1.807, 2.05) is 20.8 Å². The lowest BCUT2D eigenvalue weighted by atomic mass is 10.0. The van der Waals surface area contributed by atoms with Crippen LogP contribution in [0.5, 0.6) is 0 Å². The van der Waals surface area contributed by atoms with Crippen LogP contribution in [0, 0.1) is 5.92 Å². The molecule has 0 heterocycles. The Kier molecular flexibility index (Phi) is 11.3. The SMILES string of the molecule is CCCC(CCO)CN=C(N)NC(C)(C)C.I. The molecule has 0 radical (unpaired) electrons. The standard InChI is InChI=1S/C12H27N3O.HI/c1-5-6-10(7-8-16)9-14-11(13)15-12(2,3)4;/h10,16H,5-9H2,1-4H3,(H3,13,14,15);1H. The summed E-state index contributed by atoms with van der Waals surface area (Å²) in [7, 11) is 0. The number of rotatable bonds is 6. The largest absolute Gasteiger partial charge is 0.396 e. The van der Waals surface area contributed by atoms with Gasteiger partial charge in [0, 0.05) is 18.7 Å². The number of hydrogen-bond donors (Lipinski definition) is 3. The maximum Gasteiger partial charge on any atom is 0.188 e. The monoisotopic (exact) mass is 357 g/mol. The van der Waals surface area contributed by atoms with Crippen LogP contribution in [0.3, 0.4) is 0 Å². The van der Waals surface area contributed by atoms with Gasteiger partial charge in [-0.2, -0.15) is 0 Å². The zero-order chi connectivity index (χ0) is 12.6. The van der Waals surface area contributed by atoms with E-state index in [4.69, 9.17) is 10.8 Å². The van der Waals surface area contributed by atoms with Gasteiger partial charge in [0.1, 0.15) is 0 Å². The third-order valence-corrected chi connectivity index (χ3v) is 2.26. The van der Waals surface area contributed by atoms with Crippen LogP contribution in [0.1, 0.15) is 47.0 Å². The average Bonchev–Trinajstić information content (AvgIpc) is 2.12. The van der Waals surface area contributed by atoms with Crippen LogP contribution in [0.15, 0.2) is 4.99 Å². The molecule has 0 spiro atoms. The van der Waals surface area contributed by atoms with Crippen molar-refractivity contribution in [1.29, 1.82) is 0 Å². The van der Waals surface area contributed by atoms with Crippen LogP contribution in [0.4, 0.5) is 0 Å². The van der Waals surface area contributed by atoms with Crippen LogP contribution in [-0.2, 0) is 0 Å². The van der Waals surface area contributed by atoms with E-state index >= 15 is 0 Å². The number of hydrogen-bond acceptors (Lipinski definition) is 2. The fourth-order valence-electron chi connectivity index (χ4n) is 1.57. The van der Waals surface area contributed by atoms with E-state index in [0.717, 1.165) is 19.3 Å². The first-order chi connectivity index (χ1) is 7.39. The lowest BCUT2D eigenvalue weighted by Gasteiger charge is -2.21. The van der Waals surface area contributed by atoms with Crippen molar-refractivity contribution in [1.82, 2.24) is 5.32 Å². The molecule has 1 atom stereocenters.